The van der Waals surface area contributed by atoms with Gasteiger partial charge in [-0.15, -0.1) is 0 Å². The van der Waals surface area contributed by atoms with E-state index in [9.17, 15) is 9.90 Å². The number of aliphatic hydroxyl groups is 1. The second-order valence-electron chi connectivity index (χ2n) is 5.40. The van der Waals surface area contributed by atoms with Gasteiger partial charge < -0.3 is 14.4 Å². The molecular weight excluding hydrogens is 322 g/mol. The summed E-state index contributed by atoms with van der Waals surface area (Å²) in [5, 5.41) is 10.7. The molecule has 0 fully saturated rings. The maximum atomic E-state index is 12.4. The van der Waals surface area contributed by atoms with Gasteiger partial charge in [0.25, 0.3) is 5.91 Å². The van der Waals surface area contributed by atoms with Gasteiger partial charge in [-0.05, 0) is 48.8 Å². The van der Waals surface area contributed by atoms with Crippen molar-refractivity contribution < 1.29 is 14.3 Å². The van der Waals surface area contributed by atoms with Crippen LogP contribution in [-0.2, 0) is 0 Å². The SMILES string of the molecule is CCN(CC(C)(C)O)C(=O)c1cc2cccc(Br)c2o1. The highest BCUT2D eigenvalue weighted by molar-refractivity contribution is 9.10. The number of benzene rings is 1. The van der Waals surface area contributed by atoms with E-state index < -0.39 is 5.60 Å². The number of hydrogen-bond donors (Lipinski definition) is 1. The first-order valence-corrected chi connectivity index (χ1v) is 7.31. The monoisotopic (exact) mass is 339 g/mol. The summed E-state index contributed by atoms with van der Waals surface area (Å²) < 4.78 is 6.46. The van der Waals surface area contributed by atoms with Crippen LogP contribution >= 0.6 is 15.9 Å². The van der Waals surface area contributed by atoms with Gasteiger partial charge in [-0.25, -0.2) is 0 Å². The molecule has 0 aliphatic rings. The lowest BCUT2D eigenvalue weighted by Crippen LogP contribution is -2.42. The average Bonchev–Trinajstić information content (AvgIpc) is 2.79. The second-order valence-corrected chi connectivity index (χ2v) is 6.25. The molecule has 0 aliphatic heterocycles. The Morgan fingerprint density at radius 2 is 2.15 bits per heavy atom. The molecule has 0 saturated carbocycles. The smallest absolute Gasteiger partial charge is 0.289 e. The van der Waals surface area contributed by atoms with Gasteiger partial charge in [-0.3, -0.25) is 4.79 Å². The number of carbonyl (C=O) groups is 1. The van der Waals surface area contributed by atoms with Gasteiger partial charge in [-0.1, -0.05) is 12.1 Å². The summed E-state index contributed by atoms with van der Waals surface area (Å²) in [4.78, 5) is 14.0. The Kier molecular flexibility index (Phi) is 4.20. The van der Waals surface area contributed by atoms with Crippen molar-refractivity contribution in [1.82, 2.24) is 4.90 Å². The Hall–Kier alpha value is -1.33. The van der Waals surface area contributed by atoms with Crippen LogP contribution in [0.2, 0.25) is 0 Å². The van der Waals surface area contributed by atoms with Crippen molar-refractivity contribution in [3.63, 3.8) is 0 Å². The standard InChI is InChI=1S/C15H18BrNO3/c1-4-17(9-15(2,3)19)14(18)12-8-10-6-5-7-11(16)13(10)20-12/h5-8,19H,4,9H2,1-3H3. The largest absolute Gasteiger partial charge is 0.450 e. The van der Waals surface area contributed by atoms with Gasteiger partial charge in [0.2, 0.25) is 0 Å². The Labute approximate surface area is 126 Å². The van der Waals surface area contributed by atoms with Crippen molar-refractivity contribution in [2.24, 2.45) is 0 Å². The Morgan fingerprint density at radius 1 is 1.45 bits per heavy atom. The molecule has 0 bridgehead atoms. The summed E-state index contributed by atoms with van der Waals surface area (Å²) in [5.74, 6) is 0.0794. The van der Waals surface area contributed by atoms with Gasteiger partial charge in [0.1, 0.15) is 5.58 Å². The highest BCUT2D eigenvalue weighted by atomic mass is 79.9. The minimum absolute atomic E-state index is 0.210. The lowest BCUT2D eigenvalue weighted by Gasteiger charge is -2.27. The van der Waals surface area contributed by atoms with Crippen LogP contribution in [0.1, 0.15) is 31.3 Å². The van der Waals surface area contributed by atoms with Crippen LogP contribution in [0.5, 0.6) is 0 Å². The molecule has 0 aliphatic carbocycles. The number of furan rings is 1. The second kappa shape index (κ2) is 5.58. The van der Waals surface area contributed by atoms with Crippen LogP contribution < -0.4 is 0 Å². The summed E-state index contributed by atoms with van der Waals surface area (Å²) in [7, 11) is 0. The topological polar surface area (TPSA) is 53.7 Å². The zero-order valence-corrected chi connectivity index (χ0v) is 13.4. The third kappa shape index (κ3) is 3.22. The first kappa shape index (κ1) is 15.1. The van der Waals surface area contributed by atoms with Gasteiger partial charge in [0.15, 0.2) is 5.76 Å². The highest BCUT2D eigenvalue weighted by Crippen LogP contribution is 2.27. The number of carbonyl (C=O) groups excluding carboxylic acids is 1. The zero-order valence-electron chi connectivity index (χ0n) is 11.8. The first-order chi connectivity index (χ1) is 9.31. The minimum Gasteiger partial charge on any atom is -0.450 e. The van der Waals surface area contributed by atoms with Crippen LogP contribution in [0.4, 0.5) is 0 Å². The van der Waals surface area contributed by atoms with Crippen LogP contribution in [0, 0.1) is 0 Å². The summed E-state index contributed by atoms with van der Waals surface area (Å²) in [5.41, 5.74) is -0.270. The molecular formula is C15H18BrNO3. The van der Waals surface area contributed by atoms with Gasteiger partial charge in [-0.2, -0.15) is 0 Å². The molecule has 1 aromatic heterocycles. The molecule has 2 rings (SSSR count). The number of likely N-dealkylation sites (N-methyl/N-ethyl adjacent to an activating group) is 1. The summed E-state index contributed by atoms with van der Waals surface area (Å²) >= 11 is 3.40. The third-order valence-electron chi connectivity index (χ3n) is 2.95. The van der Waals surface area contributed by atoms with E-state index in [1.165, 1.54) is 0 Å². The predicted molar refractivity (Wildman–Crippen MR) is 81.8 cm³/mol. The maximum absolute atomic E-state index is 12.4. The molecule has 1 aromatic carbocycles. The van der Waals surface area contributed by atoms with Crippen molar-refractivity contribution in [2.75, 3.05) is 13.1 Å². The molecule has 20 heavy (non-hydrogen) atoms. The summed E-state index contributed by atoms with van der Waals surface area (Å²) in [6.45, 7) is 6.01. The molecule has 4 nitrogen and oxygen atoms in total. The first-order valence-electron chi connectivity index (χ1n) is 6.51. The molecule has 0 radical (unpaired) electrons. The average molecular weight is 340 g/mol. The van der Waals surface area contributed by atoms with Crippen molar-refractivity contribution >= 4 is 32.8 Å². The molecule has 0 atom stereocenters. The number of amides is 1. The van der Waals surface area contributed by atoms with E-state index in [2.05, 4.69) is 15.9 Å². The van der Waals surface area contributed by atoms with E-state index in [0.717, 1.165) is 9.86 Å². The lowest BCUT2D eigenvalue weighted by molar-refractivity contribution is 0.0299. The fraction of sp³-hybridized carbons (Fsp3) is 0.400. The molecule has 0 saturated heterocycles. The van der Waals surface area contributed by atoms with Crippen molar-refractivity contribution in [1.29, 1.82) is 0 Å². The van der Waals surface area contributed by atoms with Crippen LogP contribution in [0.25, 0.3) is 11.0 Å². The Bertz CT molecular complexity index is 628. The molecule has 0 spiro atoms. The van der Waals surface area contributed by atoms with Gasteiger partial charge in [0, 0.05) is 18.5 Å². The zero-order chi connectivity index (χ0) is 14.9. The Balaban J connectivity index is 2.32. The van der Waals surface area contributed by atoms with Crippen LogP contribution in [-0.4, -0.2) is 34.6 Å². The molecule has 108 valence electrons. The van der Waals surface area contributed by atoms with E-state index in [-0.39, 0.29) is 18.2 Å². The normalized spacial score (nSPS) is 11.8. The fourth-order valence-corrected chi connectivity index (χ4v) is 2.55. The molecule has 1 amide bonds. The molecule has 0 unspecified atom stereocenters. The third-order valence-corrected chi connectivity index (χ3v) is 3.58. The lowest BCUT2D eigenvalue weighted by atomic mass is 10.1. The highest BCUT2D eigenvalue weighted by Gasteiger charge is 2.24. The molecule has 1 N–H and O–H groups in total. The number of fused-ring (bicyclic) bond motifs is 1. The van der Waals surface area contributed by atoms with E-state index in [1.807, 2.05) is 25.1 Å². The summed E-state index contributed by atoms with van der Waals surface area (Å²) in [6.07, 6.45) is 0. The maximum Gasteiger partial charge on any atom is 0.289 e. The number of hydrogen-bond acceptors (Lipinski definition) is 3. The molecule has 1 heterocycles. The quantitative estimate of drug-likeness (QED) is 0.928. The van der Waals surface area contributed by atoms with Crippen molar-refractivity contribution in [3.8, 4) is 0 Å². The number of nitrogens with zero attached hydrogens (tertiary/aromatic N) is 1. The number of rotatable bonds is 4. The van der Waals surface area contributed by atoms with Crippen molar-refractivity contribution in [2.45, 2.75) is 26.4 Å². The van der Waals surface area contributed by atoms with E-state index in [4.69, 9.17) is 4.42 Å². The number of halogens is 1. The Morgan fingerprint density at radius 3 is 2.70 bits per heavy atom. The summed E-state index contributed by atoms with van der Waals surface area (Å²) in [6, 6.07) is 7.39. The molecule has 5 heteroatoms. The van der Waals surface area contributed by atoms with Crippen molar-refractivity contribution in [3.05, 3.63) is 34.5 Å². The van der Waals surface area contributed by atoms with Crippen LogP contribution in [0.3, 0.4) is 0 Å². The van der Waals surface area contributed by atoms with E-state index in [1.54, 1.807) is 24.8 Å². The minimum atomic E-state index is -0.932. The van der Waals surface area contributed by atoms with E-state index in [0.29, 0.717) is 12.1 Å². The van der Waals surface area contributed by atoms with Crippen LogP contribution in [0.15, 0.2) is 33.2 Å². The van der Waals surface area contributed by atoms with Gasteiger partial charge >= 0.3 is 0 Å². The number of para-hydroxylation sites is 1. The predicted octanol–water partition coefficient (Wildman–Crippen LogP) is 3.43. The van der Waals surface area contributed by atoms with E-state index >= 15 is 0 Å². The fourth-order valence-electron chi connectivity index (χ4n) is 2.08. The van der Waals surface area contributed by atoms with Gasteiger partial charge in [0.05, 0.1) is 10.1 Å². The molecule has 2 aromatic rings.